The lowest BCUT2D eigenvalue weighted by atomic mass is 9.80. The molecule has 0 spiro atoms. The minimum Gasteiger partial charge on any atom is -0.399 e. The first-order valence-corrected chi connectivity index (χ1v) is 4.48. The van der Waals surface area contributed by atoms with Crippen molar-refractivity contribution >= 4 is 5.69 Å². The van der Waals surface area contributed by atoms with E-state index in [9.17, 15) is 5.11 Å². The lowest BCUT2D eigenvalue weighted by Crippen LogP contribution is -2.30. The summed E-state index contributed by atoms with van der Waals surface area (Å²) in [6.07, 6.45) is -0.365. The summed E-state index contributed by atoms with van der Waals surface area (Å²) >= 11 is 0. The predicted octanol–water partition coefficient (Wildman–Crippen LogP) is 1.93. The Labute approximate surface area is 79.4 Å². The van der Waals surface area contributed by atoms with Gasteiger partial charge in [0.1, 0.15) is 0 Å². The van der Waals surface area contributed by atoms with Crippen LogP contribution in [0.1, 0.15) is 26.3 Å². The molecule has 0 heterocycles. The molecule has 1 rings (SSSR count). The molecule has 3 N–H and O–H groups in total. The number of anilines is 1. The van der Waals surface area contributed by atoms with Crippen LogP contribution in [0.25, 0.3) is 0 Å². The van der Waals surface area contributed by atoms with Crippen molar-refractivity contribution in [1.29, 1.82) is 0 Å². The van der Waals surface area contributed by atoms with Crippen molar-refractivity contribution in [3.63, 3.8) is 0 Å². The van der Waals surface area contributed by atoms with Crippen molar-refractivity contribution in [3.8, 4) is 0 Å². The highest BCUT2D eigenvalue weighted by Gasteiger charge is 2.25. The van der Waals surface area contributed by atoms with Crippen molar-refractivity contribution in [3.05, 3.63) is 29.8 Å². The molecule has 0 aliphatic heterocycles. The third-order valence-corrected chi connectivity index (χ3v) is 2.70. The molecule has 0 aliphatic rings. The Morgan fingerprint density at radius 1 is 1.23 bits per heavy atom. The van der Waals surface area contributed by atoms with Gasteiger partial charge in [-0.05, 0) is 24.6 Å². The molecular weight excluding hydrogens is 162 g/mol. The number of nitrogens with two attached hydrogens (primary N) is 1. The van der Waals surface area contributed by atoms with E-state index in [0.717, 1.165) is 11.3 Å². The maximum atomic E-state index is 9.57. The molecule has 2 nitrogen and oxygen atoms in total. The van der Waals surface area contributed by atoms with E-state index in [4.69, 9.17) is 5.73 Å². The summed E-state index contributed by atoms with van der Waals surface area (Å²) < 4.78 is 0. The zero-order valence-electron chi connectivity index (χ0n) is 8.41. The minimum absolute atomic E-state index is 0.215. The van der Waals surface area contributed by atoms with Gasteiger partial charge in [-0.2, -0.15) is 0 Å². The third-order valence-electron chi connectivity index (χ3n) is 2.70. The molecule has 0 saturated carbocycles. The van der Waals surface area contributed by atoms with Crippen molar-refractivity contribution in [2.24, 2.45) is 0 Å². The predicted molar refractivity (Wildman–Crippen MR) is 55.6 cm³/mol. The second-order valence-electron chi connectivity index (χ2n) is 4.02. The molecule has 0 amide bonds. The largest absolute Gasteiger partial charge is 0.399 e. The van der Waals surface area contributed by atoms with Crippen LogP contribution >= 0.6 is 0 Å². The summed E-state index contributed by atoms with van der Waals surface area (Å²) in [4.78, 5) is 0. The van der Waals surface area contributed by atoms with Gasteiger partial charge >= 0.3 is 0 Å². The van der Waals surface area contributed by atoms with Crippen LogP contribution in [0.3, 0.4) is 0 Å². The maximum absolute atomic E-state index is 9.57. The molecule has 1 aromatic carbocycles. The highest BCUT2D eigenvalue weighted by molar-refractivity contribution is 5.41. The van der Waals surface area contributed by atoms with E-state index in [2.05, 4.69) is 0 Å². The Kier molecular flexibility index (Phi) is 2.62. The summed E-state index contributed by atoms with van der Waals surface area (Å²) in [5, 5.41) is 9.57. The van der Waals surface area contributed by atoms with Gasteiger partial charge in [0.15, 0.2) is 0 Å². The summed E-state index contributed by atoms with van der Waals surface area (Å²) in [5.74, 6) is 0. The molecule has 13 heavy (non-hydrogen) atoms. The molecule has 1 unspecified atom stereocenters. The number of nitrogen functional groups attached to an aromatic ring is 1. The van der Waals surface area contributed by atoms with Gasteiger partial charge in [0.05, 0.1) is 6.10 Å². The van der Waals surface area contributed by atoms with E-state index in [1.54, 1.807) is 6.92 Å². The molecule has 2 heteroatoms. The molecule has 0 radical (unpaired) electrons. The van der Waals surface area contributed by atoms with Crippen molar-refractivity contribution in [1.82, 2.24) is 0 Å². The number of hydrogen-bond donors (Lipinski definition) is 2. The summed E-state index contributed by atoms with van der Waals surface area (Å²) in [6, 6.07) is 7.64. The summed E-state index contributed by atoms with van der Waals surface area (Å²) in [6.45, 7) is 5.84. The van der Waals surface area contributed by atoms with Crippen LogP contribution in [0.2, 0.25) is 0 Å². The number of hydrogen-bond acceptors (Lipinski definition) is 2. The van der Waals surface area contributed by atoms with Crippen molar-refractivity contribution in [2.45, 2.75) is 32.3 Å². The normalized spacial score (nSPS) is 14.2. The van der Waals surface area contributed by atoms with Crippen molar-refractivity contribution < 1.29 is 5.11 Å². The summed E-state index contributed by atoms with van der Waals surface area (Å²) in [5.41, 5.74) is 7.23. The van der Waals surface area contributed by atoms with E-state index in [1.807, 2.05) is 38.1 Å². The average Bonchev–Trinajstić information content (AvgIpc) is 2.04. The Bertz CT molecular complexity index is 275. The smallest absolute Gasteiger partial charge is 0.0603 e. The van der Waals surface area contributed by atoms with Crippen LogP contribution in [0.15, 0.2) is 24.3 Å². The lowest BCUT2D eigenvalue weighted by Gasteiger charge is -2.28. The highest BCUT2D eigenvalue weighted by atomic mass is 16.3. The van der Waals surface area contributed by atoms with Gasteiger partial charge in [-0.25, -0.2) is 0 Å². The molecule has 0 fully saturated rings. The number of aliphatic hydroxyl groups is 1. The van der Waals surface area contributed by atoms with Crippen LogP contribution in [0.4, 0.5) is 5.69 Å². The number of rotatable bonds is 2. The minimum atomic E-state index is -0.365. The molecular formula is C11H17NO. The van der Waals surface area contributed by atoms with Gasteiger partial charge in [0.2, 0.25) is 0 Å². The molecule has 0 aliphatic carbocycles. The van der Waals surface area contributed by atoms with Crippen LogP contribution in [-0.4, -0.2) is 11.2 Å². The van der Waals surface area contributed by atoms with Crippen LogP contribution in [0.5, 0.6) is 0 Å². The van der Waals surface area contributed by atoms with Crippen molar-refractivity contribution in [2.75, 3.05) is 5.73 Å². The van der Waals surface area contributed by atoms with Gasteiger partial charge in [-0.1, -0.05) is 26.0 Å². The fourth-order valence-corrected chi connectivity index (χ4v) is 1.15. The van der Waals surface area contributed by atoms with Gasteiger partial charge in [-0.15, -0.1) is 0 Å². The van der Waals surface area contributed by atoms with E-state index in [1.165, 1.54) is 0 Å². The second-order valence-corrected chi connectivity index (χ2v) is 4.02. The third kappa shape index (κ3) is 2.01. The van der Waals surface area contributed by atoms with E-state index in [-0.39, 0.29) is 11.5 Å². The van der Waals surface area contributed by atoms with E-state index < -0.39 is 0 Å². The molecule has 1 aromatic rings. The number of benzene rings is 1. The van der Waals surface area contributed by atoms with Gasteiger partial charge in [0.25, 0.3) is 0 Å². The maximum Gasteiger partial charge on any atom is 0.0603 e. The quantitative estimate of drug-likeness (QED) is 0.681. The Morgan fingerprint density at radius 3 is 2.08 bits per heavy atom. The topological polar surface area (TPSA) is 46.2 Å². The molecule has 0 aromatic heterocycles. The number of aliphatic hydroxyl groups excluding tert-OH is 1. The fourth-order valence-electron chi connectivity index (χ4n) is 1.15. The monoisotopic (exact) mass is 179 g/mol. The zero-order chi connectivity index (χ0) is 10.1. The summed E-state index contributed by atoms with van der Waals surface area (Å²) in [7, 11) is 0. The highest BCUT2D eigenvalue weighted by Crippen LogP contribution is 2.27. The Balaban J connectivity index is 3.01. The Morgan fingerprint density at radius 2 is 1.69 bits per heavy atom. The molecule has 0 bridgehead atoms. The SMILES string of the molecule is CC(O)C(C)(C)c1ccc(N)cc1. The average molecular weight is 179 g/mol. The molecule has 72 valence electrons. The van der Waals surface area contributed by atoms with E-state index in [0.29, 0.717) is 0 Å². The first-order chi connectivity index (χ1) is 5.94. The molecule has 0 saturated heterocycles. The Hall–Kier alpha value is -1.02. The van der Waals surface area contributed by atoms with Crippen LogP contribution in [0, 0.1) is 0 Å². The first kappa shape index (κ1) is 10.1. The van der Waals surface area contributed by atoms with Gasteiger partial charge < -0.3 is 10.8 Å². The lowest BCUT2D eigenvalue weighted by molar-refractivity contribution is 0.118. The molecule has 1 atom stereocenters. The van der Waals surface area contributed by atoms with Gasteiger partial charge in [0, 0.05) is 11.1 Å². The van der Waals surface area contributed by atoms with Crippen LogP contribution < -0.4 is 5.73 Å². The fraction of sp³-hybridized carbons (Fsp3) is 0.455. The standard InChI is InChI=1S/C11H17NO/c1-8(13)11(2,3)9-4-6-10(12)7-5-9/h4-8,13H,12H2,1-3H3. The zero-order valence-corrected chi connectivity index (χ0v) is 8.41. The second kappa shape index (κ2) is 3.38. The van der Waals surface area contributed by atoms with Crippen LogP contribution in [-0.2, 0) is 5.41 Å². The van der Waals surface area contributed by atoms with E-state index >= 15 is 0 Å². The van der Waals surface area contributed by atoms with Gasteiger partial charge in [-0.3, -0.25) is 0 Å². The first-order valence-electron chi connectivity index (χ1n) is 4.48.